The Morgan fingerprint density at radius 1 is 0.862 bits per heavy atom. The minimum absolute atomic E-state index is 0.0828. The minimum atomic E-state index is -0.0828. The highest BCUT2D eigenvalue weighted by Crippen LogP contribution is 2.28. The van der Waals surface area contributed by atoms with Crippen LogP contribution in [-0.2, 0) is 4.79 Å². The quantitative estimate of drug-likeness (QED) is 0.805. The summed E-state index contributed by atoms with van der Waals surface area (Å²) in [4.78, 5) is 29.1. The van der Waals surface area contributed by atoms with Crippen LogP contribution in [0.25, 0.3) is 10.8 Å². The zero-order valence-electron chi connectivity index (χ0n) is 17.1. The lowest BCUT2D eigenvalue weighted by atomic mass is 10.0. The van der Waals surface area contributed by atoms with Gasteiger partial charge in [0.15, 0.2) is 0 Å². The number of carbonyl (C=O) groups excluding carboxylic acids is 2. The lowest BCUT2D eigenvalue weighted by Gasteiger charge is -2.23. The van der Waals surface area contributed by atoms with Crippen LogP contribution in [0.5, 0.6) is 0 Å². The van der Waals surface area contributed by atoms with Crippen LogP contribution >= 0.6 is 0 Å². The Bertz CT molecular complexity index is 860. The molecular weight excluding hydrogens is 362 g/mol. The van der Waals surface area contributed by atoms with Crippen LogP contribution in [0.3, 0.4) is 0 Å². The van der Waals surface area contributed by atoms with Crippen molar-refractivity contribution in [1.82, 2.24) is 9.80 Å². The average Bonchev–Trinajstić information content (AvgIpc) is 3.14. The van der Waals surface area contributed by atoms with E-state index in [0.717, 1.165) is 41.8 Å². The fraction of sp³-hybridized carbons (Fsp3) is 0.500. The molecule has 5 nitrogen and oxygen atoms in total. The van der Waals surface area contributed by atoms with E-state index in [4.69, 9.17) is 0 Å². The Balaban J connectivity index is 1.29. The highest BCUT2D eigenvalue weighted by atomic mass is 16.2. The van der Waals surface area contributed by atoms with E-state index in [-0.39, 0.29) is 11.9 Å². The zero-order valence-corrected chi connectivity index (χ0v) is 17.1. The number of benzene rings is 2. The molecule has 1 aliphatic carbocycles. The number of urea groups is 1. The highest BCUT2D eigenvalue weighted by molar-refractivity contribution is 5.93. The van der Waals surface area contributed by atoms with Crippen molar-refractivity contribution in [2.24, 2.45) is 5.92 Å². The van der Waals surface area contributed by atoms with Crippen LogP contribution in [0.15, 0.2) is 42.5 Å². The van der Waals surface area contributed by atoms with Gasteiger partial charge in [0.2, 0.25) is 5.91 Å². The SMILES string of the molecule is O=C(CCC1CCCC1)N1CCCN(C(=O)Nc2ccc3ccccc3c2)CC1. The van der Waals surface area contributed by atoms with Crippen LogP contribution in [0, 0.1) is 5.92 Å². The summed E-state index contributed by atoms with van der Waals surface area (Å²) in [6.45, 7) is 2.66. The second kappa shape index (κ2) is 9.29. The van der Waals surface area contributed by atoms with Gasteiger partial charge in [0.1, 0.15) is 0 Å². The summed E-state index contributed by atoms with van der Waals surface area (Å²) in [6.07, 6.45) is 7.75. The number of anilines is 1. The van der Waals surface area contributed by atoms with Crippen molar-refractivity contribution < 1.29 is 9.59 Å². The van der Waals surface area contributed by atoms with E-state index in [1.807, 2.05) is 46.2 Å². The lowest BCUT2D eigenvalue weighted by molar-refractivity contribution is -0.131. The number of hydrogen-bond donors (Lipinski definition) is 1. The molecule has 1 saturated carbocycles. The molecule has 154 valence electrons. The average molecular weight is 394 g/mol. The number of nitrogens with zero attached hydrogens (tertiary/aromatic N) is 2. The standard InChI is InChI=1S/C24H31N3O2/c28-23(13-10-19-6-1-2-7-19)26-14-5-15-27(17-16-26)24(29)25-22-12-11-20-8-3-4-9-21(20)18-22/h3-4,8-9,11-12,18-19H,1-2,5-7,10,13-17H2,(H,25,29). The molecule has 29 heavy (non-hydrogen) atoms. The first-order valence-electron chi connectivity index (χ1n) is 11.0. The van der Waals surface area contributed by atoms with Crippen molar-refractivity contribution in [1.29, 1.82) is 0 Å². The van der Waals surface area contributed by atoms with Gasteiger partial charge in [0, 0.05) is 38.3 Å². The molecule has 2 aromatic rings. The van der Waals surface area contributed by atoms with Crippen LogP contribution in [0.2, 0.25) is 0 Å². The predicted molar refractivity (Wildman–Crippen MR) is 117 cm³/mol. The van der Waals surface area contributed by atoms with Gasteiger partial charge in [-0.25, -0.2) is 4.79 Å². The lowest BCUT2D eigenvalue weighted by Crippen LogP contribution is -2.39. The Kier molecular flexibility index (Phi) is 6.33. The molecule has 1 heterocycles. The van der Waals surface area contributed by atoms with Crippen LogP contribution in [-0.4, -0.2) is 47.9 Å². The van der Waals surface area contributed by atoms with Gasteiger partial charge in [0.05, 0.1) is 0 Å². The molecule has 0 unspecified atom stereocenters. The first kappa shape index (κ1) is 19.7. The van der Waals surface area contributed by atoms with Gasteiger partial charge in [0.25, 0.3) is 0 Å². The molecule has 3 amide bonds. The maximum atomic E-state index is 12.7. The topological polar surface area (TPSA) is 52.7 Å². The molecule has 0 radical (unpaired) electrons. The number of amides is 3. The van der Waals surface area contributed by atoms with Crippen LogP contribution in [0.4, 0.5) is 10.5 Å². The summed E-state index contributed by atoms with van der Waals surface area (Å²) >= 11 is 0. The summed E-state index contributed by atoms with van der Waals surface area (Å²) in [5.41, 5.74) is 0.808. The Labute approximate surface area is 173 Å². The molecule has 4 rings (SSSR count). The van der Waals surface area contributed by atoms with E-state index >= 15 is 0 Å². The number of hydrogen-bond acceptors (Lipinski definition) is 2. The minimum Gasteiger partial charge on any atom is -0.341 e. The molecule has 2 fully saturated rings. The van der Waals surface area contributed by atoms with Gasteiger partial charge in [-0.2, -0.15) is 0 Å². The van der Waals surface area contributed by atoms with Crippen LogP contribution < -0.4 is 5.32 Å². The third-order valence-corrected chi connectivity index (χ3v) is 6.38. The number of fused-ring (bicyclic) bond motifs is 1. The van der Waals surface area contributed by atoms with Crippen LogP contribution in [0.1, 0.15) is 44.9 Å². The normalized spacial score (nSPS) is 18.1. The second-order valence-electron chi connectivity index (χ2n) is 8.40. The fourth-order valence-electron chi connectivity index (χ4n) is 4.62. The molecule has 1 saturated heterocycles. The van der Waals surface area contributed by atoms with Gasteiger partial charge in [-0.05, 0) is 41.7 Å². The van der Waals surface area contributed by atoms with E-state index in [1.54, 1.807) is 0 Å². The van der Waals surface area contributed by atoms with Crippen molar-refractivity contribution in [2.45, 2.75) is 44.9 Å². The monoisotopic (exact) mass is 393 g/mol. The smallest absolute Gasteiger partial charge is 0.321 e. The molecule has 1 aliphatic heterocycles. The summed E-state index contributed by atoms with van der Waals surface area (Å²) in [7, 11) is 0. The van der Waals surface area contributed by atoms with Crippen molar-refractivity contribution in [3.8, 4) is 0 Å². The predicted octanol–water partition coefficient (Wildman–Crippen LogP) is 4.88. The summed E-state index contributed by atoms with van der Waals surface area (Å²) < 4.78 is 0. The number of rotatable bonds is 4. The molecule has 0 bridgehead atoms. The fourth-order valence-corrected chi connectivity index (χ4v) is 4.62. The third kappa shape index (κ3) is 5.08. The highest BCUT2D eigenvalue weighted by Gasteiger charge is 2.23. The van der Waals surface area contributed by atoms with Crippen molar-refractivity contribution in [2.75, 3.05) is 31.5 Å². The maximum Gasteiger partial charge on any atom is 0.321 e. The number of nitrogens with one attached hydrogen (secondary N) is 1. The van der Waals surface area contributed by atoms with Crippen molar-refractivity contribution in [3.05, 3.63) is 42.5 Å². The molecule has 0 spiro atoms. The molecule has 0 atom stereocenters. The van der Waals surface area contributed by atoms with Crippen molar-refractivity contribution >= 4 is 28.4 Å². The molecular formula is C24H31N3O2. The summed E-state index contributed by atoms with van der Waals surface area (Å²) in [5, 5.41) is 5.29. The maximum absolute atomic E-state index is 12.7. The first-order chi connectivity index (χ1) is 14.2. The molecule has 5 heteroatoms. The van der Waals surface area contributed by atoms with E-state index < -0.39 is 0 Å². The Morgan fingerprint density at radius 2 is 1.59 bits per heavy atom. The number of carbonyl (C=O) groups is 2. The van der Waals surface area contributed by atoms with Gasteiger partial charge < -0.3 is 15.1 Å². The van der Waals surface area contributed by atoms with Crippen molar-refractivity contribution in [3.63, 3.8) is 0 Å². The van der Waals surface area contributed by atoms with E-state index in [1.165, 1.54) is 25.7 Å². The van der Waals surface area contributed by atoms with Gasteiger partial charge >= 0.3 is 6.03 Å². The Morgan fingerprint density at radius 3 is 2.41 bits per heavy atom. The van der Waals surface area contributed by atoms with E-state index in [9.17, 15) is 9.59 Å². The summed E-state index contributed by atoms with van der Waals surface area (Å²) in [5.74, 6) is 1.00. The first-order valence-corrected chi connectivity index (χ1v) is 11.0. The zero-order chi connectivity index (χ0) is 20.1. The molecule has 1 N–H and O–H groups in total. The second-order valence-corrected chi connectivity index (χ2v) is 8.40. The molecule has 2 aliphatic rings. The van der Waals surface area contributed by atoms with E-state index in [2.05, 4.69) is 11.4 Å². The third-order valence-electron chi connectivity index (χ3n) is 6.38. The van der Waals surface area contributed by atoms with Gasteiger partial charge in [-0.1, -0.05) is 56.0 Å². The Hall–Kier alpha value is -2.56. The molecule has 2 aromatic carbocycles. The van der Waals surface area contributed by atoms with Gasteiger partial charge in [-0.15, -0.1) is 0 Å². The van der Waals surface area contributed by atoms with E-state index in [0.29, 0.717) is 26.1 Å². The van der Waals surface area contributed by atoms with Gasteiger partial charge in [-0.3, -0.25) is 4.79 Å². The summed E-state index contributed by atoms with van der Waals surface area (Å²) in [6, 6.07) is 14.0. The molecule has 0 aromatic heterocycles. The largest absolute Gasteiger partial charge is 0.341 e.